The molecule has 0 radical (unpaired) electrons. The molecule has 0 amide bonds. The molecular weight excluding hydrogens is 316 g/mol. The topological polar surface area (TPSA) is 80.5 Å². The second-order valence-corrected chi connectivity index (χ2v) is 7.36. The molecule has 23 heavy (non-hydrogen) atoms. The standard InChI is InChI=1S/C16H18N2O4S/c1-12-7-9-16(10-8-12)23(21,22)17(3)13(2)14-5-4-6-15(11-14)18(19)20/h4-11,13H,1-3H3/t13-/m1/s1. The molecule has 2 aromatic rings. The van der Waals surface area contributed by atoms with Crippen molar-refractivity contribution in [3.8, 4) is 0 Å². The fraction of sp³-hybridized carbons (Fsp3) is 0.250. The first-order chi connectivity index (χ1) is 10.7. The predicted molar refractivity (Wildman–Crippen MR) is 87.6 cm³/mol. The van der Waals surface area contributed by atoms with Crippen molar-refractivity contribution in [2.45, 2.75) is 24.8 Å². The number of hydrogen-bond acceptors (Lipinski definition) is 4. The van der Waals surface area contributed by atoms with Gasteiger partial charge in [0.05, 0.1) is 9.82 Å². The van der Waals surface area contributed by atoms with Crippen LogP contribution in [-0.4, -0.2) is 24.7 Å². The molecular formula is C16H18N2O4S. The number of rotatable bonds is 5. The number of nitro groups is 1. The minimum atomic E-state index is -3.67. The predicted octanol–water partition coefficient (Wildman–Crippen LogP) is 3.28. The van der Waals surface area contributed by atoms with Gasteiger partial charge in [0, 0.05) is 25.2 Å². The highest BCUT2D eigenvalue weighted by Gasteiger charge is 2.26. The van der Waals surface area contributed by atoms with Gasteiger partial charge in [-0.25, -0.2) is 8.42 Å². The maximum Gasteiger partial charge on any atom is 0.269 e. The molecule has 0 unspecified atom stereocenters. The zero-order valence-corrected chi connectivity index (χ0v) is 13.9. The number of nitrogens with zero attached hydrogens (tertiary/aromatic N) is 2. The van der Waals surface area contributed by atoms with Crippen LogP contribution >= 0.6 is 0 Å². The summed E-state index contributed by atoms with van der Waals surface area (Å²) in [5.74, 6) is 0. The number of nitro benzene ring substituents is 1. The van der Waals surface area contributed by atoms with E-state index in [9.17, 15) is 18.5 Å². The molecule has 0 N–H and O–H groups in total. The van der Waals surface area contributed by atoms with E-state index in [1.165, 1.54) is 23.5 Å². The summed E-state index contributed by atoms with van der Waals surface area (Å²) in [6.45, 7) is 3.58. The van der Waals surface area contributed by atoms with Gasteiger partial charge in [0.1, 0.15) is 0 Å². The van der Waals surface area contributed by atoms with Crippen LogP contribution in [0.5, 0.6) is 0 Å². The van der Waals surface area contributed by atoms with Crippen LogP contribution in [0.4, 0.5) is 5.69 Å². The van der Waals surface area contributed by atoms with Crippen molar-refractivity contribution in [2.24, 2.45) is 0 Å². The first-order valence-corrected chi connectivity index (χ1v) is 8.46. The Morgan fingerprint density at radius 2 is 1.74 bits per heavy atom. The number of aryl methyl sites for hydroxylation is 1. The van der Waals surface area contributed by atoms with Gasteiger partial charge in [0.15, 0.2) is 0 Å². The maximum absolute atomic E-state index is 12.7. The lowest BCUT2D eigenvalue weighted by atomic mass is 10.1. The molecule has 0 aliphatic heterocycles. The average molecular weight is 334 g/mol. The lowest BCUT2D eigenvalue weighted by Gasteiger charge is -2.24. The summed E-state index contributed by atoms with van der Waals surface area (Å²) < 4.78 is 26.6. The van der Waals surface area contributed by atoms with Crippen molar-refractivity contribution in [1.82, 2.24) is 4.31 Å². The van der Waals surface area contributed by atoms with E-state index < -0.39 is 21.0 Å². The minimum absolute atomic E-state index is 0.0597. The fourth-order valence-corrected chi connectivity index (χ4v) is 3.54. The van der Waals surface area contributed by atoms with Crippen molar-refractivity contribution >= 4 is 15.7 Å². The van der Waals surface area contributed by atoms with Crippen LogP contribution in [0.1, 0.15) is 24.1 Å². The van der Waals surface area contributed by atoms with Gasteiger partial charge in [-0.3, -0.25) is 10.1 Å². The number of non-ortho nitro benzene ring substituents is 1. The molecule has 0 spiro atoms. The molecule has 0 heterocycles. The molecule has 1 atom stereocenters. The molecule has 122 valence electrons. The van der Waals surface area contributed by atoms with Crippen molar-refractivity contribution in [3.63, 3.8) is 0 Å². The molecule has 0 fully saturated rings. The molecule has 2 rings (SSSR count). The normalized spacial score (nSPS) is 13.0. The Bertz CT molecular complexity index is 816. The highest BCUT2D eigenvalue weighted by Crippen LogP contribution is 2.27. The van der Waals surface area contributed by atoms with Crippen LogP contribution in [0.25, 0.3) is 0 Å². The lowest BCUT2D eigenvalue weighted by molar-refractivity contribution is -0.384. The Hall–Kier alpha value is -2.25. The Balaban J connectivity index is 2.35. The lowest BCUT2D eigenvalue weighted by Crippen LogP contribution is -2.29. The fourth-order valence-electron chi connectivity index (χ4n) is 2.19. The van der Waals surface area contributed by atoms with Crippen LogP contribution in [0.2, 0.25) is 0 Å². The monoisotopic (exact) mass is 334 g/mol. The van der Waals surface area contributed by atoms with Crippen molar-refractivity contribution < 1.29 is 13.3 Å². The largest absolute Gasteiger partial charge is 0.269 e. The third kappa shape index (κ3) is 3.57. The van der Waals surface area contributed by atoms with Crippen molar-refractivity contribution in [2.75, 3.05) is 7.05 Å². The smallest absolute Gasteiger partial charge is 0.258 e. The summed E-state index contributed by atoms with van der Waals surface area (Å²) in [4.78, 5) is 10.6. The number of benzene rings is 2. The van der Waals surface area contributed by atoms with Crippen LogP contribution in [0.3, 0.4) is 0 Å². The maximum atomic E-state index is 12.7. The van der Waals surface area contributed by atoms with E-state index in [1.54, 1.807) is 43.3 Å². The summed E-state index contributed by atoms with van der Waals surface area (Å²) in [6, 6.07) is 12.1. The van der Waals surface area contributed by atoms with E-state index in [0.717, 1.165) is 5.56 Å². The molecule has 0 aromatic heterocycles. The van der Waals surface area contributed by atoms with Crippen molar-refractivity contribution in [1.29, 1.82) is 0 Å². The van der Waals surface area contributed by atoms with E-state index in [0.29, 0.717) is 5.56 Å². The SMILES string of the molecule is Cc1ccc(S(=O)(=O)N(C)[C@H](C)c2cccc([N+](=O)[O-])c2)cc1. The van der Waals surface area contributed by atoms with Gasteiger partial charge in [0.2, 0.25) is 10.0 Å². The van der Waals surface area contributed by atoms with Gasteiger partial charge >= 0.3 is 0 Å². The van der Waals surface area contributed by atoms with E-state index in [4.69, 9.17) is 0 Å². The van der Waals surface area contributed by atoms with Crippen LogP contribution in [0, 0.1) is 17.0 Å². The Morgan fingerprint density at radius 3 is 2.30 bits per heavy atom. The molecule has 0 bridgehead atoms. The van der Waals surface area contributed by atoms with E-state index >= 15 is 0 Å². The summed E-state index contributed by atoms with van der Waals surface area (Å²) in [5.41, 5.74) is 1.48. The second kappa shape index (κ2) is 6.47. The third-order valence-corrected chi connectivity index (χ3v) is 5.75. The van der Waals surface area contributed by atoms with E-state index in [2.05, 4.69) is 0 Å². The van der Waals surface area contributed by atoms with Crippen molar-refractivity contribution in [3.05, 3.63) is 69.8 Å². The molecule has 0 aliphatic rings. The summed E-state index contributed by atoms with van der Waals surface area (Å²) >= 11 is 0. The van der Waals surface area contributed by atoms with Gasteiger partial charge in [-0.2, -0.15) is 4.31 Å². The number of hydrogen-bond donors (Lipinski definition) is 0. The quantitative estimate of drug-likeness (QED) is 0.621. The van der Waals surface area contributed by atoms with Crippen LogP contribution in [0.15, 0.2) is 53.4 Å². The van der Waals surface area contributed by atoms with Gasteiger partial charge in [-0.1, -0.05) is 29.8 Å². The first kappa shape index (κ1) is 17.1. The van der Waals surface area contributed by atoms with Gasteiger partial charge in [0.25, 0.3) is 5.69 Å². The Kier molecular flexibility index (Phi) is 4.82. The molecule has 6 nitrogen and oxygen atoms in total. The van der Waals surface area contributed by atoms with Gasteiger partial charge in [-0.05, 0) is 31.5 Å². The molecule has 0 saturated carbocycles. The Morgan fingerprint density at radius 1 is 1.13 bits per heavy atom. The van der Waals surface area contributed by atoms with Gasteiger partial charge in [-0.15, -0.1) is 0 Å². The van der Waals surface area contributed by atoms with E-state index in [1.807, 2.05) is 6.92 Å². The summed E-state index contributed by atoms with van der Waals surface area (Å²) in [6.07, 6.45) is 0. The van der Waals surface area contributed by atoms with Crippen LogP contribution in [-0.2, 0) is 10.0 Å². The zero-order valence-electron chi connectivity index (χ0n) is 13.1. The highest BCUT2D eigenvalue weighted by atomic mass is 32.2. The van der Waals surface area contributed by atoms with Crippen LogP contribution < -0.4 is 0 Å². The summed E-state index contributed by atoms with van der Waals surface area (Å²) in [5, 5.41) is 10.9. The molecule has 0 aliphatic carbocycles. The zero-order chi connectivity index (χ0) is 17.2. The van der Waals surface area contributed by atoms with Gasteiger partial charge < -0.3 is 0 Å². The second-order valence-electron chi connectivity index (χ2n) is 5.36. The highest BCUT2D eigenvalue weighted by molar-refractivity contribution is 7.89. The Labute approximate surface area is 135 Å². The number of sulfonamides is 1. The van der Waals surface area contributed by atoms with E-state index in [-0.39, 0.29) is 10.6 Å². The average Bonchev–Trinajstić information content (AvgIpc) is 2.54. The third-order valence-electron chi connectivity index (χ3n) is 3.81. The minimum Gasteiger partial charge on any atom is -0.258 e. The molecule has 7 heteroatoms. The molecule has 0 saturated heterocycles. The molecule has 2 aromatic carbocycles. The summed E-state index contributed by atoms with van der Waals surface area (Å²) in [7, 11) is -2.20. The first-order valence-electron chi connectivity index (χ1n) is 7.02.